The molecule has 2 unspecified atom stereocenters. The lowest BCUT2D eigenvalue weighted by molar-refractivity contribution is -0.130. The number of nitrogens with zero attached hydrogens (tertiary/aromatic N) is 1. The van der Waals surface area contributed by atoms with Crippen LogP contribution in [0.4, 0.5) is 8.78 Å². The van der Waals surface area contributed by atoms with Crippen molar-refractivity contribution < 1.29 is 13.6 Å². The molecule has 0 aromatic heterocycles. The molecule has 1 aromatic carbocycles. The summed E-state index contributed by atoms with van der Waals surface area (Å²) in [6.45, 7) is 6.41. The van der Waals surface area contributed by atoms with E-state index in [2.05, 4.69) is 5.32 Å². The molecule has 0 aliphatic carbocycles. The van der Waals surface area contributed by atoms with Crippen molar-refractivity contribution in [2.45, 2.75) is 39.4 Å². The lowest BCUT2D eigenvalue weighted by Gasteiger charge is -2.24. The smallest absolute Gasteiger partial charge is 0.241 e. The Balaban J connectivity index is 2.35. The van der Waals surface area contributed by atoms with Crippen molar-refractivity contribution in [3.63, 3.8) is 0 Å². The number of rotatable bonds is 4. The minimum absolute atomic E-state index is 0.0180. The van der Waals surface area contributed by atoms with Crippen LogP contribution in [-0.4, -0.2) is 23.4 Å². The Bertz CT molecular complexity index is 505. The number of carbonyl (C=O) groups is 1. The molecule has 2 rings (SSSR count). The van der Waals surface area contributed by atoms with Crippen molar-refractivity contribution in [1.29, 1.82) is 0 Å². The van der Waals surface area contributed by atoms with Gasteiger partial charge in [0.2, 0.25) is 5.91 Å². The van der Waals surface area contributed by atoms with Gasteiger partial charge in [-0.05, 0) is 24.5 Å². The summed E-state index contributed by atoms with van der Waals surface area (Å²) in [5.41, 5.74) is 0.316. The number of benzene rings is 1. The zero-order valence-corrected chi connectivity index (χ0v) is 12.0. The highest BCUT2D eigenvalue weighted by atomic mass is 19.1. The largest absolute Gasteiger partial charge is 0.321 e. The van der Waals surface area contributed by atoms with Crippen molar-refractivity contribution >= 4 is 5.91 Å². The molecule has 20 heavy (non-hydrogen) atoms. The molecule has 1 N–H and O–H groups in total. The summed E-state index contributed by atoms with van der Waals surface area (Å²) in [5, 5.41) is 3.17. The fourth-order valence-electron chi connectivity index (χ4n) is 2.58. The van der Waals surface area contributed by atoms with Gasteiger partial charge < -0.3 is 4.90 Å². The Morgan fingerprint density at radius 1 is 1.35 bits per heavy atom. The van der Waals surface area contributed by atoms with Gasteiger partial charge in [0.15, 0.2) is 0 Å². The third kappa shape index (κ3) is 2.68. The predicted molar refractivity (Wildman–Crippen MR) is 72.9 cm³/mol. The van der Waals surface area contributed by atoms with Gasteiger partial charge in [-0.2, -0.15) is 0 Å². The van der Waals surface area contributed by atoms with Crippen LogP contribution in [0.15, 0.2) is 18.2 Å². The fourth-order valence-corrected chi connectivity index (χ4v) is 2.58. The van der Waals surface area contributed by atoms with Crippen molar-refractivity contribution in [1.82, 2.24) is 10.2 Å². The van der Waals surface area contributed by atoms with E-state index in [9.17, 15) is 13.6 Å². The summed E-state index contributed by atoms with van der Waals surface area (Å²) < 4.78 is 27.0. The van der Waals surface area contributed by atoms with Crippen LogP contribution in [0.1, 0.15) is 38.9 Å². The van der Waals surface area contributed by atoms with E-state index in [1.54, 1.807) is 4.90 Å². The van der Waals surface area contributed by atoms with E-state index in [1.165, 1.54) is 12.1 Å². The molecule has 1 heterocycles. The van der Waals surface area contributed by atoms with Crippen molar-refractivity contribution in [3.8, 4) is 0 Å². The monoisotopic (exact) mass is 282 g/mol. The minimum Gasteiger partial charge on any atom is -0.321 e. The van der Waals surface area contributed by atoms with Crippen molar-refractivity contribution in [3.05, 3.63) is 35.4 Å². The van der Waals surface area contributed by atoms with Gasteiger partial charge in [-0.15, -0.1) is 0 Å². The molecule has 0 bridgehead atoms. The maximum Gasteiger partial charge on any atom is 0.241 e. The van der Waals surface area contributed by atoms with Crippen LogP contribution in [0.25, 0.3) is 0 Å². The van der Waals surface area contributed by atoms with Crippen molar-refractivity contribution in [2.24, 2.45) is 5.92 Å². The number of nitrogens with one attached hydrogen (secondary N) is 1. The summed E-state index contributed by atoms with van der Waals surface area (Å²) in [6, 6.07) is 3.16. The number of hydrogen-bond donors (Lipinski definition) is 1. The molecule has 3 nitrogen and oxygen atoms in total. The molecule has 0 saturated carbocycles. The Morgan fingerprint density at radius 2 is 2.05 bits per heavy atom. The molecular weight excluding hydrogens is 262 g/mol. The molecule has 0 spiro atoms. The van der Waals surface area contributed by atoms with Crippen LogP contribution in [0.2, 0.25) is 0 Å². The number of carbonyl (C=O) groups excluding carboxylic acids is 1. The number of hydrogen-bond acceptors (Lipinski definition) is 2. The Hall–Kier alpha value is -1.49. The third-order valence-corrected chi connectivity index (χ3v) is 3.59. The second-order valence-electron chi connectivity index (χ2n) is 5.49. The molecule has 0 radical (unpaired) electrons. The molecule has 1 aromatic rings. The zero-order chi connectivity index (χ0) is 14.9. The fraction of sp³-hybridized carbons (Fsp3) is 0.533. The molecule has 2 atom stereocenters. The molecule has 1 aliphatic heterocycles. The first kappa shape index (κ1) is 14.9. The minimum atomic E-state index is -0.624. The van der Waals surface area contributed by atoms with Gasteiger partial charge in [-0.3, -0.25) is 10.1 Å². The van der Waals surface area contributed by atoms with Gasteiger partial charge in [0.25, 0.3) is 0 Å². The molecule has 1 aliphatic rings. The average Bonchev–Trinajstić information content (AvgIpc) is 2.68. The van der Waals surface area contributed by atoms with E-state index in [0.717, 1.165) is 12.5 Å². The number of amides is 1. The van der Waals surface area contributed by atoms with Crippen LogP contribution in [-0.2, 0) is 4.79 Å². The Kier molecular flexibility index (Phi) is 4.38. The molecule has 1 amide bonds. The summed E-state index contributed by atoms with van der Waals surface area (Å²) in [4.78, 5) is 14.0. The third-order valence-electron chi connectivity index (χ3n) is 3.59. The van der Waals surface area contributed by atoms with Gasteiger partial charge in [-0.1, -0.05) is 20.8 Å². The summed E-state index contributed by atoms with van der Waals surface area (Å²) in [6.07, 6.45) is 0.271. The number of halogens is 2. The van der Waals surface area contributed by atoms with Gasteiger partial charge in [0.05, 0.1) is 6.04 Å². The van der Waals surface area contributed by atoms with Crippen LogP contribution < -0.4 is 5.32 Å². The SMILES string of the molecule is CCCN1C(=O)C(C(C)C)NC1c1ccc(F)cc1F. The Morgan fingerprint density at radius 3 is 2.60 bits per heavy atom. The lowest BCUT2D eigenvalue weighted by Crippen LogP contribution is -2.34. The maximum absolute atomic E-state index is 14.0. The van der Waals surface area contributed by atoms with Gasteiger partial charge >= 0.3 is 0 Å². The van der Waals surface area contributed by atoms with Crippen LogP contribution in [0.5, 0.6) is 0 Å². The topological polar surface area (TPSA) is 32.3 Å². The highest BCUT2D eigenvalue weighted by molar-refractivity contribution is 5.84. The van der Waals surface area contributed by atoms with Crippen LogP contribution in [0, 0.1) is 17.6 Å². The van der Waals surface area contributed by atoms with Crippen LogP contribution in [0.3, 0.4) is 0 Å². The van der Waals surface area contributed by atoms with E-state index in [4.69, 9.17) is 0 Å². The van der Waals surface area contributed by atoms with Gasteiger partial charge in [-0.25, -0.2) is 8.78 Å². The molecular formula is C15H20F2N2O. The van der Waals surface area contributed by atoms with Crippen LogP contribution >= 0.6 is 0 Å². The normalized spacial score (nSPS) is 22.9. The standard InChI is InChI=1S/C15H20F2N2O/c1-4-7-19-14(18-13(9(2)3)15(19)20)11-6-5-10(16)8-12(11)17/h5-6,8-9,13-14,18H,4,7H2,1-3H3. The highest BCUT2D eigenvalue weighted by Crippen LogP contribution is 2.30. The predicted octanol–water partition coefficient (Wildman–Crippen LogP) is 2.83. The van der Waals surface area contributed by atoms with E-state index in [-0.39, 0.29) is 17.9 Å². The highest BCUT2D eigenvalue weighted by Gasteiger charge is 2.41. The van der Waals surface area contributed by atoms with Gasteiger partial charge in [0, 0.05) is 18.2 Å². The van der Waals surface area contributed by atoms with E-state index >= 15 is 0 Å². The van der Waals surface area contributed by atoms with Crippen molar-refractivity contribution in [2.75, 3.05) is 6.54 Å². The summed E-state index contributed by atoms with van der Waals surface area (Å²) in [7, 11) is 0. The molecule has 5 heteroatoms. The van der Waals surface area contributed by atoms with E-state index < -0.39 is 17.8 Å². The molecule has 110 valence electrons. The second kappa shape index (κ2) is 5.87. The first-order chi connectivity index (χ1) is 9.45. The first-order valence-corrected chi connectivity index (χ1v) is 6.97. The van der Waals surface area contributed by atoms with E-state index in [1.807, 2.05) is 20.8 Å². The molecule has 1 fully saturated rings. The van der Waals surface area contributed by atoms with E-state index in [0.29, 0.717) is 12.1 Å². The maximum atomic E-state index is 14.0. The van der Waals surface area contributed by atoms with Gasteiger partial charge in [0.1, 0.15) is 17.8 Å². The summed E-state index contributed by atoms with van der Waals surface area (Å²) >= 11 is 0. The lowest BCUT2D eigenvalue weighted by atomic mass is 10.1. The second-order valence-corrected chi connectivity index (χ2v) is 5.49. The first-order valence-electron chi connectivity index (χ1n) is 6.97. The quantitative estimate of drug-likeness (QED) is 0.921. The zero-order valence-electron chi connectivity index (χ0n) is 12.0. The molecule has 1 saturated heterocycles. The Labute approximate surface area is 118 Å². The summed E-state index contributed by atoms with van der Waals surface area (Å²) in [5.74, 6) is -1.13. The average molecular weight is 282 g/mol.